The lowest BCUT2D eigenvalue weighted by Crippen LogP contribution is -2.37. The highest BCUT2D eigenvalue weighted by Crippen LogP contribution is 2.33. The Kier molecular flexibility index (Phi) is 3.81. The van der Waals surface area contributed by atoms with E-state index >= 15 is 0 Å². The summed E-state index contributed by atoms with van der Waals surface area (Å²) in [6.45, 7) is 1.94. The average Bonchev–Trinajstić information content (AvgIpc) is 2.77. The van der Waals surface area contributed by atoms with Gasteiger partial charge in [-0.3, -0.25) is 4.79 Å². The third-order valence-electron chi connectivity index (χ3n) is 3.16. The predicted molar refractivity (Wildman–Crippen MR) is 66.8 cm³/mol. The standard InChI is InChI=1S/C14H14N2O3/c1-2-19-14(18)12-11(9-6-4-3-5-7-9)10(8-15)13(17)16-12/h3-7,10-12H,2H2,1H3,(H,16,17)/t10-,11-,12-/m1/s1. The Morgan fingerprint density at radius 1 is 1.42 bits per heavy atom. The zero-order valence-electron chi connectivity index (χ0n) is 10.5. The SMILES string of the molecule is CCOC(=O)[C@@H]1NC(=O)[C@H](C#N)[C@H]1c1ccccc1. The first-order chi connectivity index (χ1) is 9.19. The number of nitriles is 1. The van der Waals surface area contributed by atoms with Crippen LogP contribution in [-0.2, 0) is 14.3 Å². The molecule has 0 bridgehead atoms. The Balaban J connectivity index is 2.36. The highest BCUT2D eigenvalue weighted by atomic mass is 16.5. The van der Waals surface area contributed by atoms with Crippen LogP contribution in [0.4, 0.5) is 0 Å². The zero-order chi connectivity index (χ0) is 13.8. The van der Waals surface area contributed by atoms with Gasteiger partial charge in [0.25, 0.3) is 0 Å². The van der Waals surface area contributed by atoms with Gasteiger partial charge in [-0.1, -0.05) is 30.3 Å². The summed E-state index contributed by atoms with van der Waals surface area (Å²) in [5.41, 5.74) is 0.783. The van der Waals surface area contributed by atoms with Gasteiger partial charge in [-0.05, 0) is 12.5 Å². The summed E-state index contributed by atoms with van der Waals surface area (Å²) in [6.07, 6.45) is 0. The number of carbonyl (C=O) groups is 2. The van der Waals surface area contributed by atoms with Crippen LogP contribution in [0.25, 0.3) is 0 Å². The van der Waals surface area contributed by atoms with Gasteiger partial charge in [0.2, 0.25) is 5.91 Å². The minimum Gasteiger partial charge on any atom is -0.464 e. The number of hydrogen-bond donors (Lipinski definition) is 1. The largest absolute Gasteiger partial charge is 0.464 e. The number of rotatable bonds is 3. The molecule has 1 saturated heterocycles. The molecule has 0 saturated carbocycles. The van der Waals surface area contributed by atoms with E-state index < -0.39 is 29.8 Å². The smallest absolute Gasteiger partial charge is 0.329 e. The molecule has 3 atom stereocenters. The van der Waals surface area contributed by atoms with Crippen LogP contribution in [0.3, 0.4) is 0 Å². The quantitative estimate of drug-likeness (QED) is 0.819. The van der Waals surface area contributed by atoms with E-state index in [1.54, 1.807) is 6.92 Å². The summed E-state index contributed by atoms with van der Waals surface area (Å²) in [5.74, 6) is -2.29. The van der Waals surface area contributed by atoms with Gasteiger partial charge in [-0.2, -0.15) is 5.26 Å². The van der Waals surface area contributed by atoms with Crippen molar-refractivity contribution in [2.45, 2.75) is 18.9 Å². The van der Waals surface area contributed by atoms with Crippen LogP contribution in [0.1, 0.15) is 18.4 Å². The van der Waals surface area contributed by atoms with E-state index in [2.05, 4.69) is 5.32 Å². The fourth-order valence-electron chi connectivity index (χ4n) is 2.33. The molecule has 2 rings (SSSR count). The van der Waals surface area contributed by atoms with Crippen LogP contribution in [0.5, 0.6) is 0 Å². The first-order valence-electron chi connectivity index (χ1n) is 6.10. The molecule has 5 heteroatoms. The van der Waals surface area contributed by atoms with Crippen LogP contribution >= 0.6 is 0 Å². The second kappa shape index (κ2) is 5.53. The molecule has 0 aromatic heterocycles. The van der Waals surface area contributed by atoms with Gasteiger partial charge in [-0.15, -0.1) is 0 Å². The number of nitrogens with zero attached hydrogens (tertiary/aromatic N) is 1. The van der Waals surface area contributed by atoms with Gasteiger partial charge in [0, 0.05) is 5.92 Å². The number of nitrogens with one attached hydrogen (secondary N) is 1. The number of amides is 1. The van der Waals surface area contributed by atoms with E-state index in [0.29, 0.717) is 0 Å². The molecule has 1 aliphatic rings. The highest BCUT2D eigenvalue weighted by molar-refractivity contribution is 5.93. The molecule has 5 nitrogen and oxygen atoms in total. The topological polar surface area (TPSA) is 79.2 Å². The second-order valence-corrected chi connectivity index (χ2v) is 4.28. The fourth-order valence-corrected chi connectivity index (χ4v) is 2.33. The maximum absolute atomic E-state index is 11.9. The molecular weight excluding hydrogens is 244 g/mol. The number of carbonyl (C=O) groups excluding carboxylic acids is 2. The zero-order valence-corrected chi connectivity index (χ0v) is 10.5. The lowest BCUT2D eigenvalue weighted by atomic mass is 9.85. The number of hydrogen-bond acceptors (Lipinski definition) is 4. The van der Waals surface area contributed by atoms with E-state index in [0.717, 1.165) is 5.56 Å². The van der Waals surface area contributed by atoms with Crippen molar-refractivity contribution in [3.05, 3.63) is 35.9 Å². The minimum atomic E-state index is -0.864. The van der Waals surface area contributed by atoms with Crippen molar-refractivity contribution in [1.82, 2.24) is 5.32 Å². The number of esters is 1. The van der Waals surface area contributed by atoms with Crippen molar-refractivity contribution in [2.75, 3.05) is 6.61 Å². The summed E-state index contributed by atoms with van der Waals surface area (Å²) in [5, 5.41) is 11.7. The van der Waals surface area contributed by atoms with Gasteiger partial charge < -0.3 is 10.1 Å². The van der Waals surface area contributed by atoms with Crippen molar-refractivity contribution < 1.29 is 14.3 Å². The van der Waals surface area contributed by atoms with Crippen LogP contribution in [0.2, 0.25) is 0 Å². The Labute approximate surface area is 111 Å². The summed E-state index contributed by atoms with van der Waals surface area (Å²) in [7, 11) is 0. The lowest BCUT2D eigenvalue weighted by Gasteiger charge is -2.18. The number of ether oxygens (including phenoxy) is 1. The Morgan fingerprint density at radius 2 is 2.11 bits per heavy atom. The molecule has 1 heterocycles. The van der Waals surface area contributed by atoms with E-state index in [4.69, 9.17) is 10.00 Å². The molecule has 98 valence electrons. The molecule has 1 N–H and O–H groups in total. The molecule has 0 aliphatic carbocycles. The Morgan fingerprint density at radius 3 is 2.68 bits per heavy atom. The van der Waals surface area contributed by atoms with Gasteiger partial charge in [0.05, 0.1) is 12.7 Å². The maximum atomic E-state index is 11.9. The molecule has 0 spiro atoms. The fraction of sp³-hybridized carbons (Fsp3) is 0.357. The summed E-state index contributed by atoms with van der Waals surface area (Å²) in [4.78, 5) is 23.7. The predicted octanol–water partition coefficient (Wildman–Crippen LogP) is 0.971. The van der Waals surface area contributed by atoms with Crippen molar-refractivity contribution >= 4 is 11.9 Å². The molecule has 19 heavy (non-hydrogen) atoms. The van der Waals surface area contributed by atoms with Crippen LogP contribution in [0, 0.1) is 17.2 Å². The van der Waals surface area contributed by atoms with Crippen molar-refractivity contribution in [2.24, 2.45) is 5.92 Å². The molecule has 1 amide bonds. The van der Waals surface area contributed by atoms with Crippen LogP contribution < -0.4 is 5.32 Å². The Hall–Kier alpha value is -2.35. The van der Waals surface area contributed by atoms with Crippen LogP contribution in [0.15, 0.2) is 30.3 Å². The van der Waals surface area contributed by atoms with Crippen LogP contribution in [-0.4, -0.2) is 24.5 Å². The minimum absolute atomic E-state index is 0.240. The molecule has 1 aliphatic heterocycles. The van der Waals surface area contributed by atoms with Gasteiger partial charge in [0.15, 0.2) is 0 Å². The summed E-state index contributed by atoms with van der Waals surface area (Å²) < 4.78 is 4.96. The average molecular weight is 258 g/mol. The van der Waals surface area contributed by atoms with E-state index in [1.807, 2.05) is 36.4 Å². The first kappa shape index (κ1) is 13.1. The second-order valence-electron chi connectivity index (χ2n) is 4.28. The third kappa shape index (κ3) is 2.43. The highest BCUT2D eigenvalue weighted by Gasteiger charge is 2.47. The summed E-state index contributed by atoms with van der Waals surface area (Å²) in [6, 6.07) is 10.3. The number of benzene rings is 1. The van der Waals surface area contributed by atoms with Gasteiger partial charge in [-0.25, -0.2) is 4.79 Å². The normalized spacial score (nSPS) is 25.5. The molecule has 1 aromatic rings. The molecule has 0 unspecified atom stereocenters. The molecule has 1 aromatic carbocycles. The maximum Gasteiger partial charge on any atom is 0.329 e. The van der Waals surface area contributed by atoms with Gasteiger partial charge >= 0.3 is 5.97 Å². The van der Waals surface area contributed by atoms with Crippen molar-refractivity contribution in [3.8, 4) is 6.07 Å². The Bertz CT molecular complexity index is 521. The molecular formula is C14H14N2O3. The van der Waals surface area contributed by atoms with Crippen molar-refractivity contribution in [1.29, 1.82) is 5.26 Å². The summed E-state index contributed by atoms with van der Waals surface area (Å²) >= 11 is 0. The molecule has 0 radical (unpaired) electrons. The van der Waals surface area contributed by atoms with E-state index in [9.17, 15) is 9.59 Å². The van der Waals surface area contributed by atoms with Gasteiger partial charge in [0.1, 0.15) is 12.0 Å². The lowest BCUT2D eigenvalue weighted by molar-refractivity contribution is -0.146. The monoisotopic (exact) mass is 258 g/mol. The molecule has 1 fully saturated rings. The third-order valence-corrected chi connectivity index (χ3v) is 3.16. The van der Waals surface area contributed by atoms with Crippen molar-refractivity contribution in [3.63, 3.8) is 0 Å². The van der Waals surface area contributed by atoms with E-state index in [1.165, 1.54) is 0 Å². The first-order valence-corrected chi connectivity index (χ1v) is 6.10. The van der Waals surface area contributed by atoms with E-state index in [-0.39, 0.29) is 6.61 Å².